The van der Waals surface area contributed by atoms with Crippen molar-refractivity contribution in [3.05, 3.63) is 16.4 Å². The van der Waals surface area contributed by atoms with Crippen LogP contribution in [0.15, 0.2) is 6.33 Å². The lowest BCUT2D eigenvalue weighted by molar-refractivity contribution is -0.385. The second-order valence-corrected chi connectivity index (χ2v) is 3.98. The van der Waals surface area contributed by atoms with Crippen molar-refractivity contribution in [2.45, 2.75) is 26.7 Å². The zero-order valence-electron chi connectivity index (χ0n) is 11.8. The first-order valence-electron chi connectivity index (χ1n) is 6.64. The molecule has 0 unspecified atom stereocenters. The van der Waals surface area contributed by atoms with Crippen LogP contribution in [-0.2, 0) is 4.74 Å². The van der Waals surface area contributed by atoms with E-state index in [1.807, 2.05) is 6.92 Å². The Bertz CT molecular complexity index is 428. The highest BCUT2D eigenvalue weighted by molar-refractivity contribution is 5.60. The molecule has 1 rings (SSSR count). The van der Waals surface area contributed by atoms with Gasteiger partial charge in [-0.3, -0.25) is 10.1 Å². The molecule has 20 heavy (non-hydrogen) atoms. The molecule has 8 nitrogen and oxygen atoms in total. The number of unbranched alkanes of at least 4 members (excludes halogenated alkanes) is 1. The molecular weight excluding hydrogens is 264 g/mol. The van der Waals surface area contributed by atoms with Gasteiger partial charge >= 0.3 is 5.69 Å². The summed E-state index contributed by atoms with van der Waals surface area (Å²) in [7, 11) is 0. The first-order valence-corrected chi connectivity index (χ1v) is 6.64. The van der Waals surface area contributed by atoms with Gasteiger partial charge in [-0.1, -0.05) is 13.3 Å². The van der Waals surface area contributed by atoms with Gasteiger partial charge in [0.05, 0.1) is 11.5 Å². The molecule has 1 aromatic rings. The number of ether oxygens (including phenoxy) is 2. The van der Waals surface area contributed by atoms with Crippen LogP contribution in [0.1, 0.15) is 26.7 Å². The molecule has 0 saturated carbocycles. The van der Waals surface area contributed by atoms with Crippen molar-refractivity contribution in [2.24, 2.45) is 0 Å². The van der Waals surface area contributed by atoms with Crippen LogP contribution in [0.3, 0.4) is 0 Å². The van der Waals surface area contributed by atoms with Crippen LogP contribution in [0.4, 0.5) is 11.5 Å². The minimum Gasteiger partial charge on any atom is -0.470 e. The van der Waals surface area contributed by atoms with Gasteiger partial charge < -0.3 is 14.8 Å². The predicted octanol–water partition coefficient (Wildman–Crippen LogP) is 2.01. The van der Waals surface area contributed by atoms with Crippen LogP contribution in [0.2, 0.25) is 0 Å². The summed E-state index contributed by atoms with van der Waals surface area (Å²) < 4.78 is 10.6. The summed E-state index contributed by atoms with van der Waals surface area (Å²) in [5.41, 5.74) is -0.247. The maximum atomic E-state index is 11.1. The number of nitrogens with zero attached hydrogens (tertiary/aromatic N) is 3. The third-order valence-corrected chi connectivity index (χ3v) is 2.42. The van der Waals surface area contributed by atoms with Crippen LogP contribution >= 0.6 is 0 Å². The van der Waals surface area contributed by atoms with Crippen LogP contribution in [-0.4, -0.2) is 41.3 Å². The van der Waals surface area contributed by atoms with Crippen LogP contribution < -0.4 is 10.1 Å². The summed E-state index contributed by atoms with van der Waals surface area (Å²) in [6, 6.07) is 0. The van der Waals surface area contributed by atoms with Gasteiger partial charge in [0.1, 0.15) is 12.9 Å². The largest absolute Gasteiger partial charge is 0.470 e. The monoisotopic (exact) mass is 284 g/mol. The standard InChI is InChI=1S/C12H20N4O4/c1-3-5-6-19-7-8-20-12-10(16(17)18)11(13-4-2)14-9-15-12/h9H,3-8H2,1-2H3,(H,13,14,15). The lowest BCUT2D eigenvalue weighted by Gasteiger charge is -2.08. The highest BCUT2D eigenvalue weighted by Crippen LogP contribution is 2.30. The number of anilines is 1. The Hall–Kier alpha value is -1.96. The van der Waals surface area contributed by atoms with E-state index >= 15 is 0 Å². The smallest absolute Gasteiger partial charge is 0.372 e. The van der Waals surface area contributed by atoms with E-state index in [-0.39, 0.29) is 24.0 Å². The van der Waals surface area contributed by atoms with Gasteiger partial charge in [-0.05, 0) is 13.3 Å². The Morgan fingerprint density at radius 1 is 1.30 bits per heavy atom. The quantitative estimate of drug-likeness (QED) is 0.398. The number of hydrogen-bond donors (Lipinski definition) is 1. The van der Waals surface area contributed by atoms with E-state index in [4.69, 9.17) is 9.47 Å². The van der Waals surface area contributed by atoms with E-state index < -0.39 is 4.92 Å². The van der Waals surface area contributed by atoms with Crippen molar-refractivity contribution < 1.29 is 14.4 Å². The SMILES string of the molecule is CCCCOCCOc1ncnc(NCC)c1[N+](=O)[O-]. The second-order valence-electron chi connectivity index (χ2n) is 3.98. The molecule has 0 spiro atoms. The summed E-state index contributed by atoms with van der Waals surface area (Å²) >= 11 is 0. The molecule has 0 aliphatic heterocycles. The molecule has 1 N–H and O–H groups in total. The maximum absolute atomic E-state index is 11.1. The molecule has 1 heterocycles. The number of aromatic nitrogens is 2. The lowest BCUT2D eigenvalue weighted by atomic mass is 10.4. The van der Waals surface area contributed by atoms with Crippen LogP contribution in [0.5, 0.6) is 5.88 Å². The highest BCUT2D eigenvalue weighted by atomic mass is 16.6. The van der Waals surface area contributed by atoms with Crippen molar-refractivity contribution in [3.8, 4) is 5.88 Å². The summed E-state index contributed by atoms with van der Waals surface area (Å²) in [4.78, 5) is 18.2. The summed E-state index contributed by atoms with van der Waals surface area (Å²) in [5.74, 6) is 0.120. The van der Waals surface area contributed by atoms with Crippen LogP contribution in [0.25, 0.3) is 0 Å². The zero-order chi connectivity index (χ0) is 14.8. The van der Waals surface area contributed by atoms with Crippen molar-refractivity contribution >= 4 is 11.5 Å². The fraction of sp³-hybridized carbons (Fsp3) is 0.667. The van der Waals surface area contributed by atoms with Gasteiger partial charge in [-0.25, -0.2) is 4.98 Å². The molecule has 0 saturated heterocycles. The van der Waals surface area contributed by atoms with E-state index in [0.29, 0.717) is 19.8 Å². The topological polar surface area (TPSA) is 99.4 Å². The number of hydrogen-bond acceptors (Lipinski definition) is 7. The molecule has 0 aromatic carbocycles. The fourth-order valence-electron chi connectivity index (χ4n) is 1.48. The molecule has 8 heteroatoms. The number of nitro groups is 1. The summed E-state index contributed by atoms with van der Waals surface area (Å²) in [5, 5.41) is 13.9. The Labute approximate surface area is 117 Å². The molecule has 0 aliphatic carbocycles. The van der Waals surface area contributed by atoms with Gasteiger partial charge in [0, 0.05) is 13.2 Å². The summed E-state index contributed by atoms with van der Waals surface area (Å²) in [6.45, 7) is 5.68. The minimum absolute atomic E-state index is 0.0416. The van der Waals surface area contributed by atoms with E-state index in [1.54, 1.807) is 0 Å². The number of rotatable bonds is 10. The van der Waals surface area contributed by atoms with Crippen molar-refractivity contribution in [3.63, 3.8) is 0 Å². The van der Waals surface area contributed by atoms with E-state index in [9.17, 15) is 10.1 Å². The van der Waals surface area contributed by atoms with Gasteiger partial charge in [-0.15, -0.1) is 0 Å². The van der Waals surface area contributed by atoms with Crippen molar-refractivity contribution in [1.82, 2.24) is 9.97 Å². The number of nitrogens with one attached hydrogen (secondary N) is 1. The molecule has 1 aromatic heterocycles. The Morgan fingerprint density at radius 2 is 2.10 bits per heavy atom. The second kappa shape index (κ2) is 9.03. The normalized spacial score (nSPS) is 10.3. The average molecular weight is 284 g/mol. The Balaban J connectivity index is 2.60. The molecule has 0 aliphatic rings. The highest BCUT2D eigenvalue weighted by Gasteiger charge is 2.23. The third kappa shape index (κ3) is 4.96. The lowest BCUT2D eigenvalue weighted by Crippen LogP contribution is -2.11. The van der Waals surface area contributed by atoms with E-state index in [1.165, 1.54) is 6.33 Å². The molecule has 0 bridgehead atoms. The fourth-order valence-corrected chi connectivity index (χ4v) is 1.48. The first kappa shape index (κ1) is 16.1. The Morgan fingerprint density at radius 3 is 2.75 bits per heavy atom. The molecule has 0 radical (unpaired) electrons. The minimum atomic E-state index is -0.550. The van der Waals surface area contributed by atoms with Gasteiger partial charge in [0.25, 0.3) is 5.88 Å². The first-order chi connectivity index (χ1) is 9.70. The van der Waals surface area contributed by atoms with Crippen molar-refractivity contribution in [2.75, 3.05) is 31.7 Å². The average Bonchev–Trinajstić information content (AvgIpc) is 2.43. The van der Waals surface area contributed by atoms with Crippen LogP contribution in [0, 0.1) is 10.1 Å². The van der Waals surface area contributed by atoms with E-state index in [2.05, 4.69) is 22.2 Å². The molecular formula is C12H20N4O4. The molecule has 0 atom stereocenters. The summed E-state index contributed by atoms with van der Waals surface area (Å²) in [6.07, 6.45) is 3.28. The van der Waals surface area contributed by atoms with Gasteiger partial charge in [-0.2, -0.15) is 4.98 Å². The molecule has 0 amide bonds. The maximum Gasteiger partial charge on any atom is 0.372 e. The zero-order valence-corrected chi connectivity index (χ0v) is 11.8. The molecule has 112 valence electrons. The van der Waals surface area contributed by atoms with Crippen molar-refractivity contribution in [1.29, 1.82) is 0 Å². The van der Waals surface area contributed by atoms with Gasteiger partial charge in [0.15, 0.2) is 0 Å². The van der Waals surface area contributed by atoms with Gasteiger partial charge in [0.2, 0.25) is 5.82 Å². The predicted molar refractivity (Wildman–Crippen MR) is 74.1 cm³/mol. The molecule has 0 fully saturated rings. The Kier molecular flexibility index (Phi) is 7.26. The third-order valence-electron chi connectivity index (χ3n) is 2.42. The van der Waals surface area contributed by atoms with E-state index in [0.717, 1.165) is 12.8 Å².